The summed E-state index contributed by atoms with van der Waals surface area (Å²) in [7, 11) is 1.37. The monoisotopic (exact) mass is 488 g/mol. The molecule has 3 N–H and O–H groups in total. The lowest BCUT2D eigenvalue weighted by atomic mass is 10.1. The first kappa shape index (κ1) is 21.7. The van der Waals surface area contributed by atoms with E-state index in [0.29, 0.717) is 21.5 Å². The van der Waals surface area contributed by atoms with Crippen molar-refractivity contribution in [3.05, 3.63) is 26.4 Å². The minimum absolute atomic E-state index is 0.138. The average molecular weight is 489 g/mol. The van der Waals surface area contributed by atoms with Crippen LogP contribution in [0.2, 0.25) is 0 Å². The van der Waals surface area contributed by atoms with Crippen LogP contribution in [-0.4, -0.2) is 34.7 Å². The third-order valence-corrected chi connectivity index (χ3v) is 9.21. The van der Waals surface area contributed by atoms with Crippen molar-refractivity contribution in [1.29, 1.82) is 0 Å². The van der Waals surface area contributed by atoms with Gasteiger partial charge in [-0.05, 0) is 56.1 Å². The Morgan fingerprint density at radius 2 is 1.78 bits per heavy atom. The van der Waals surface area contributed by atoms with E-state index in [9.17, 15) is 9.59 Å². The third kappa shape index (κ3) is 3.99. The molecular weight excluding hydrogens is 464 g/mol. The van der Waals surface area contributed by atoms with E-state index in [2.05, 4.69) is 15.3 Å². The van der Waals surface area contributed by atoms with Gasteiger partial charge in [0.2, 0.25) is 5.91 Å². The maximum Gasteiger partial charge on any atom is 0.341 e. The molecule has 0 atom stereocenters. The van der Waals surface area contributed by atoms with Crippen LogP contribution >= 0.6 is 34.4 Å². The van der Waals surface area contributed by atoms with Gasteiger partial charge in [-0.1, -0.05) is 18.2 Å². The molecule has 0 spiro atoms. The summed E-state index contributed by atoms with van der Waals surface area (Å²) in [5.41, 5.74) is 9.15. The molecule has 7 nitrogen and oxygen atoms in total. The van der Waals surface area contributed by atoms with Crippen molar-refractivity contribution in [3.8, 4) is 0 Å². The molecule has 0 aromatic carbocycles. The predicted molar refractivity (Wildman–Crippen MR) is 130 cm³/mol. The second kappa shape index (κ2) is 8.99. The van der Waals surface area contributed by atoms with Crippen LogP contribution < -0.4 is 11.1 Å². The number of amides is 1. The minimum Gasteiger partial charge on any atom is -0.465 e. The molecule has 0 fully saturated rings. The van der Waals surface area contributed by atoms with E-state index in [1.165, 1.54) is 59.9 Å². The summed E-state index contributed by atoms with van der Waals surface area (Å²) in [6.45, 7) is 0. The van der Waals surface area contributed by atoms with E-state index in [1.54, 1.807) is 11.3 Å². The zero-order chi connectivity index (χ0) is 22.2. The fourth-order valence-corrected chi connectivity index (χ4v) is 7.78. The number of methoxy groups -OCH3 is 1. The average Bonchev–Trinajstić information content (AvgIpc) is 3.40. The largest absolute Gasteiger partial charge is 0.465 e. The van der Waals surface area contributed by atoms with Crippen LogP contribution in [0.25, 0.3) is 10.2 Å². The first-order valence-electron chi connectivity index (χ1n) is 10.8. The normalized spacial score (nSPS) is 15.3. The molecule has 0 saturated carbocycles. The van der Waals surface area contributed by atoms with Crippen molar-refractivity contribution in [3.63, 3.8) is 0 Å². The Bertz CT molecular complexity index is 1220. The Morgan fingerprint density at radius 1 is 1.03 bits per heavy atom. The van der Waals surface area contributed by atoms with Gasteiger partial charge in [-0.15, -0.1) is 22.7 Å². The molecule has 168 valence electrons. The number of nitrogen functional groups attached to an aromatic ring is 1. The Morgan fingerprint density at radius 3 is 2.62 bits per heavy atom. The number of ether oxygens (including phenoxy) is 1. The zero-order valence-corrected chi connectivity index (χ0v) is 20.2. The van der Waals surface area contributed by atoms with Crippen LogP contribution in [-0.2, 0) is 35.2 Å². The fourth-order valence-electron chi connectivity index (χ4n) is 4.51. The Hall–Kier alpha value is -2.17. The summed E-state index contributed by atoms with van der Waals surface area (Å²) in [6, 6.07) is 0. The van der Waals surface area contributed by atoms with Gasteiger partial charge in [-0.25, -0.2) is 14.8 Å². The lowest BCUT2D eigenvalue weighted by molar-refractivity contribution is -0.113. The Balaban J connectivity index is 1.31. The van der Waals surface area contributed by atoms with Crippen LogP contribution in [0.4, 0.5) is 10.8 Å². The summed E-state index contributed by atoms with van der Waals surface area (Å²) >= 11 is 4.43. The highest BCUT2D eigenvalue weighted by Gasteiger charge is 2.28. The molecule has 5 rings (SSSR count). The van der Waals surface area contributed by atoms with Crippen molar-refractivity contribution in [2.45, 2.75) is 56.5 Å². The molecule has 0 aliphatic heterocycles. The Labute approximate surface area is 198 Å². The number of thiophene rings is 2. The second-order valence-electron chi connectivity index (χ2n) is 8.03. The van der Waals surface area contributed by atoms with Crippen molar-refractivity contribution in [1.82, 2.24) is 9.97 Å². The van der Waals surface area contributed by atoms with Crippen LogP contribution in [0.3, 0.4) is 0 Å². The summed E-state index contributed by atoms with van der Waals surface area (Å²) in [4.78, 5) is 37.5. The zero-order valence-electron chi connectivity index (χ0n) is 17.8. The van der Waals surface area contributed by atoms with Crippen molar-refractivity contribution >= 4 is 67.3 Å². The number of hydrogen-bond donors (Lipinski definition) is 2. The van der Waals surface area contributed by atoms with Gasteiger partial charge in [-0.3, -0.25) is 4.79 Å². The van der Waals surface area contributed by atoms with E-state index in [1.807, 2.05) is 0 Å². The number of esters is 1. The lowest BCUT2D eigenvalue weighted by Gasteiger charge is -2.07. The number of carbonyl (C=O) groups excluding carboxylic acids is 2. The molecule has 0 radical (unpaired) electrons. The van der Waals surface area contributed by atoms with E-state index in [4.69, 9.17) is 10.5 Å². The van der Waals surface area contributed by atoms with Gasteiger partial charge in [0, 0.05) is 9.75 Å². The number of anilines is 2. The maximum absolute atomic E-state index is 12.7. The van der Waals surface area contributed by atoms with Gasteiger partial charge in [0.25, 0.3) is 0 Å². The molecule has 3 aromatic heterocycles. The van der Waals surface area contributed by atoms with Crippen LogP contribution in [0.1, 0.15) is 56.9 Å². The highest BCUT2D eigenvalue weighted by molar-refractivity contribution is 7.99. The molecular formula is C22H24N4O3S3. The van der Waals surface area contributed by atoms with Crippen molar-refractivity contribution in [2.75, 3.05) is 23.9 Å². The van der Waals surface area contributed by atoms with E-state index in [0.717, 1.165) is 52.8 Å². The molecule has 2 aliphatic carbocycles. The molecule has 0 saturated heterocycles. The fraction of sp³-hybridized carbons (Fsp3) is 0.455. The van der Waals surface area contributed by atoms with Gasteiger partial charge in [-0.2, -0.15) is 0 Å². The van der Waals surface area contributed by atoms with Gasteiger partial charge in [0.1, 0.15) is 15.6 Å². The topological polar surface area (TPSA) is 107 Å². The number of rotatable bonds is 5. The maximum atomic E-state index is 12.7. The quantitative estimate of drug-likeness (QED) is 0.234. The molecule has 2 aliphatic rings. The Kier molecular flexibility index (Phi) is 6.09. The van der Waals surface area contributed by atoms with Crippen LogP contribution in [0, 0.1) is 0 Å². The number of thioether (sulfide) groups is 1. The minimum atomic E-state index is -0.397. The lowest BCUT2D eigenvalue weighted by Crippen LogP contribution is -2.16. The van der Waals surface area contributed by atoms with Gasteiger partial charge in [0.15, 0.2) is 5.16 Å². The first-order chi connectivity index (χ1) is 15.5. The molecule has 3 heterocycles. The van der Waals surface area contributed by atoms with Gasteiger partial charge < -0.3 is 15.8 Å². The predicted octanol–water partition coefficient (Wildman–Crippen LogP) is 4.61. The van der Waals surface area contributed by atoms with E-state index < -0.39 is 5.97 Å². The number of aromatic nitrogens is 2. The van der Waals surface area contributed by atoms with Gasteiger partial charge in [0.05, 0.1) is 23.8 Å². The summed E-state index contributed by atoms with van der Waals surface area (Å²) in [6.07, 6.45) is 8.55. The van der Waals surface area contributed by atoms with Crippen LogP contribution in [0.5, 0.6) is 0 Å². The standard InChI is InChI=1S/C22H24N4O3S3/c1-29-21(28)17-12-7-5-9-14(12)32-20(17)24-15(27)10-30-22-25-18(23)16-11-6-3-2-4-8-13(11)31-19(16)26-22/h2-10H2,1H3,(H,24,27)(H2,23,25,26). The number of nitrogens with two attached hydrogens (primary N) is 1. The molecule has 10 heteroatoms. The smallest absolute Gasteiger partial charge is 0.341 e. The summed E-state index contributed by atoms with van der Waals surface area (Å²) < 4.78 is 4.95. The number of carbonyl (C=O) groups is 2. The van der Waals surface area contributed by atoms with Crippen molar-refractivity contribution < 1.29 is 14.3 Å². The molecule has 0 bridgehead atoms. The second-order valence-corrected chi connectivity index (χ2v) is 11.2. The van der Waals surface area contributed by atoms with E-state index >= 15 is 0 Å². The third-order valence-electron chi connectivity index (χ3n) is 5.97. The molecule has 0 unspecified atom stereocenters. The molecule has 32 heavy (non-hydrogen) atoms. The number of nitrogens with zero attached hydrogens (tertiary/aromatic N) is 2. The number of aryl methyl sites for hydroxylation is 3. The number of fused-ring (bicyclic) bond motifs is 4. The summed E-state index contributed by atoms with van der Waals surface area (Å²) in [5.74, 6) is 0.0369. The SMILES string of the molecule is COC(=O)c1c(NC(=O)CSc2nc(N)c3c4c(sc3n2)CCCCC4)sc2c1CCC2. The molecule has 1 amide bonds. The first-order valence-corrected chi connectivity index (χ1v) is 13.4. The molecule has 3 aromatic rings. The van der Waals surface area contributed by atoms with E-state index in [-0.39, 0.29) is 11.7 Å². The summed E-state index contributed by atoms with van der Waals surface area (Å²) in [5, 5.41) is 4.97. The highest BCUT2D eigenvalue weighted by Crippen LogP contribution is 2.40. The van der Waals surface area contributed by atoms with Gasteiger partial charge >= 0.3 is 5.97 Å². The number of nitrogens with one attached hydrogen (secondary N) is 1. The highest BCUT2D eigenvalue weighted by atomic mass is 32.2. The van der Waals surface area contributed by atoms with Crippen LogP contribution in [0.15, 0.2) is 5.16 Å². The number of hydrogen-bond acceptors (Lipinski definition) is 9. The van der Waals surface area contributed by atoms with Crippen molar-refractivity contribution in [2.24, 2.45) is 0 Å².